The Balaban J connectivity index is 2.04. The van der Waals surface area contributed by atoms with Gasteiger partial charge in [0.25, 0.3) is 0 Å². The third-order valence-corrected chi connectivity index (χ3v) is 3.67. The first-order valence-electron chi connectivity index (χ1n) is 7.14. The number of nitrogen functional groups attached to an aromatic ring is 1. The van der Waals surface area contributed by atoms with Crippen molar-refractivity contribution in [2.75, 3.05) is 12.8 Å². The van der Waals surface area contributed by atoms with Crippen molar-refractivity contribution < 1.29 is 9.59 Å². The molecular formula is C15H22N4O2. The monoisotopic (exact) mass is 290 g/mol. The number of carbonyl (C=O) groups is 2. The molecule has 0 spiro atoms. The molecule has 1 atom stereocenters. The molecule has 1 aromatic carbocycles. The first kappa shape index (κ1) is 15.3. The molecule has 1 aromatic rings. The average Bonchev–Trinajstić information content (AvgIpc) is 3.28. The standard InChI is InChI=1S/C15H22N4O2/c1-10(14(20)18-15(21)17-2)19(13-6-7-13)9-11-4-3-5-12(16)8-11/h3-5,8,10,13H,6-7,9,16H2,1-2H3,(H2,17,18,20,21). The summed E-state index contributed by atoms with van der Waals surface area (Å²) in [6.45, 7) is 2.47. The molecule has 6 nitrogen and oxygen atoms in total. The molecule has 4 N–H and O–H groups in total. The van der Waals surface area contributed by atoms with Gasteiger partial charge in [-0.3, -0.25) is 15.0 Å². The fourth-order valence-corrected chi connectivity index (χ4v) is 2.32. The van der Waals surface area contributed by atoms with E-state index >= 15 is 0 Å². The summed E-state index contributed by atoms with van der Waals surface area (Å²) < 4.78 is 0. The van der Waals surface area contributed by atoms with E-state index < -0.39 is 6.03 Å². The molecular weight excluding hydrogens is 268 g/mol. The number of nitrogens with one attached hydrogen (secondary N) is 2. The summed E-state index contributed by atoms with van der Waals surface area (Å²) in [7, 11) is 1.48. The lowest BCUT2D eigenvalue weighted by Crippen LogP contribution is -2.49. The zero-order valence-corrected chi connectivity index (χ0v) is 12.4. The maximum atomic E-state index is 12.1. The van der Waals surface area contributed by atoms with Gasteiger partial charge >= 0.3 is 6.03 Å². The van der Waals surface area contributed by atoms with E-state index in [0.29, 0.717) is 18.3 Å². The highest BCUT2D eigenvalue weighted by Gasteiger charge is 2.35. The molecule has 0 saturated heterocycles. The molecule has 0 aliphatic heterocycles. The molecule has 1 fully saturated rings. The quantitative estimate of drug-likeness (QED) is 0.708. The Labute approximate surface area is 124 Å². The van der Waals surface area contributed by atoms with Crippen LogP contribution in [0.1, 0.15) is 25.3 Å². The highest BCUT2D eigenvalue weighted by atomic mass is 16.2. The number of urea groups is 1. The van der Waals surface area contributed by atoms with E-state index in [2.05, 4.69) is 15.5 Å². The molecule has 1 unspecified atom stereocenters. The summed E-state index contributed by atoms with van der Waals surface area (Å²) >= 11 is 0. The molecule has 114 valence electrons. The van der Waals surface area contributed by atoms with Gasteiger partial charge in [-0.05, 0) is 37.5 Å². The van der Waals surface area contributed by atoms with Crippen molar-refractivity contribution in [3.05, 3.63) is 29.8 Å². The second-order valence-electron chi connectivity index (χ2n) is 5.39. The third-order valence-electron chi connectivity index (χ3n) is 3.67. The van der Waals surface area contributed by atoms with Crippen LogP contribution in [0.25, 0.3) is 0 Å². The van der Waals surface area contributed by atoms with Gasteiger partial charge in [-0.2, -0.15) is 0 Å². The topological polar surface area (TPSA) is 87.5 Å². The number of anilines is 1. The van der Waals surface area contributed by atoms with E-state index in [0.717, 1.165) is 18.4 Å². The van der Waals surface area contributed by atoms with Gasteiger partial charge < -0.3 is 11.1 Å². The number of nitrogens with two attached hydrogens (primary N) is 1. The fraction of sp³-hybridized carbons (Fsp3) is 0.467. The van der Waals surface area contributed by atoms with Crippen LogP contribution in [0, 0.1) is 0 Å². The number of amides is 3. The minimum atomic E-state index is -0.480. The Kier molecular flexibility index (Phi) is 4.80. The highest BCUT2D eigenvalue weighted by molar-refractivity contribution is 5.96. The van der Waals surface area contributed by atoms with Crippen LogP contribution in [0.4, 0.5) is 10.5 Å². The number of rotatable bonds is 5. The first-order chi connectivity index (χ1) is 10.0. The second kappa shape index (κ2) is 6.58. The Bertz CT molecular complexity index is 528. The highest BCUT2D eigenvalue weighted by Crippen LogP contribution is 2.30. The lowest BCUT2D eigenvalue weighted by atomic mass is 10.1. The Morgan fingerprint density at radius 2 is 2.14 bits per heavy atom. The van der Waals surface area contributed by atoms with Crippen LogP contribution >= 0.6 is 0 Å². The van der Waals surface area contributed by atoms with Crippen LogP contribution in [-0.4, -0.2) is 36.0 Å². The zero-order chi connectivity index (χ0) is 15.4. The van der Waals surface area contributed by atoms with Crippen LogP contribution in [0.2, 0.25) is 0 Å². The number of imide groups is 1. The van der Waals surface area contributed by atoms with Crippen LogP contribution in [0.3, 0.4) is 0 Å². The molecule has 3 amide bonds. The summed E-state index contributed by atoms with van der Waals surface area (Å²) in [5, 5.41) is 4.72. The molecule has 0 aromatic heterocycles. The minimum Gasteiger partial charge on any atom is -0.399 e. The maximum absolute atomic E-state index is 12.1. The summed E-state index contributed by atoms with van der Waals surface area (Å²) in [5.74, 6) is -0.287. The molecule has 1 aliphatic carbocycles. The van der Waals surface area contributed by atoms with Gasteiger partial charge in [-0.1, -0.05) is 12.1 Å². The lowest BCUT2D eigenvalue weighted by molar-refractivity contribution is -0.125. The van der Waals surface area contributed by atoms with Gasteiger partial charge in [0.1, 0.15) is 0 Å². The van der Waals surface area contributed by atoms with Gasteiger partial charge in [-0.25, -0.2) is 4.79 Å². The third kappa shape index (κ3) is 4.19. The molecule has 0 heterocycles. The van der Waals surface area contributed by atoms with Crippen molar-refractivity contribution in [1.29, 1.82) is 0 Å². The van der Waals surface area contributed by atoms with E-state index in [1.54, 1.807) is 0 Å². The van der Waals surface area contributed by atoms with Gasteiger partial charge in [-0.15, -0.1) is 0 Å². The van der Waals surface area contributed by atoms with Gasteiger partial charge in [0, 0.05) is 25.3 Å². The van der Waals surface area contributed by atoms with Crippen molar-refractivity contribution in [3.63, 3.8) is 0 Å². The predicted molar refractivity (Wildman–Crippen MR) is 81.5 cm³/mol. The van der Waals surface area contributed by atoms with Crippen molar-refractivity contribution in [2.24, 2.45) is 0 Å². The number of nitrogens with zero attached hydrogens (tertiary/aromatic N) is 1. The van der Waals surface area contributed by atoms with Crippen molar-refractivity contribution in [2.45, 2.75) is 38.4 Å². The number of benzene rings is 1. The second-order valence-corrected chi connectivity index (χ2v) is 5.39. The van der Waals surface area contributed by atoms with Crippen LogP contribution in [-0.2, 0) is 11.3 Å². The van der Waals surface area contributed by atoms with Crippen molar-refractivity contribution in [1.82, 2.24) is 15.5 Å². The van der Waals surface area contributed by atoms with Crippen molar-refractivity contribution in [3.8, 4) is 0 Å². The van der Waals surface area contributed by atoms with E-state index in [9.17, 15) is 9.59 Å². The van der Waals surface area contributed by atoms with Gasteiger partial charge in [0.2, 0.25) is 5.91 Å². The summed E-state index contributed by atoms with van der Waals surface area (Å²) in [6.07, 6.45) is 2.17. The number of hydrogen-bond acceptors (Lipinski definition) is 4. The van der Waals surface area contributed by atoms with Crippen LogP contribution in [0.15, 0.2) is 24.3 Å². The van der Waals surface area contributed by atoms with Gasteiger partial charge in [0.15, 0.2) is 0 Å². The summed E-state index contributed by atoms with van der Waals surface area (Å²) in [6, 6.07) is 7.21. The maximum Gasteiger partial charge on any atom is 0.321 e. The van der Waals surface area contributed by atoms with E-state index in [4.69, 9.17) is 5.73 Å². The predicted octanol–water partition coefficient (Wildman–Crippen LogP) is 1.08. The van der Waals surface area contributed by atoms with Crippen molar-refractivity contribution >= 4 is 17.6 Å². The zero-order valence-electron chi connectivity index (χ0n) is 12.4. The number of carbonyl (C=O) groups excluding carboxylic acids is 2. The lowest BCUT2D eigenvalue weighted by Gasteiger charge is -2.28. The minimum absolute atomic E-state index is 0.287. The fourth-order valence-electron chi connectivity index (χ4n) is 2.32. The van der Waals surface area contributed by atoms with E-state index in [-0.39, 0.29) is 11.9 Å². The molecule has 0 bridgehead atoms. The molecule has 1 saturated carbocycles. The van der Waals surface area contributed by atoms with Crippen LogP contribution < -0.4 is 16.4 Å². The van der Waals surface area contributed by atoms with Crippen LogP contribution in [0.5, 0.6) is 0 Å². The van der Waals surface area contributed by atoms with Gasteiger partial charge in [0.05, 0.1) is 6.04 Å². The SMILES string of the molecule is CNC(=O)NC(=O)C(C)N(Cc1cccc(N)c1)C1CC1. The number of hydrogen-bond donors (Lipinski definition) is 3. The van der Waals surface area contributed by atoms with E-state index in [1.165, 1.54) is 7.05 Å². The summed E-state index contributed by atoms with van der Waals surface area (Å²) in [4.78, 5) is 25.5. The molecule has 1 aliphatic rings. The average molecular weight is 290 g/mol. The largest absolute Gasteiger partial charge is 0.399 e. The molecule has 2 rings (SSSR count). The molecule has 0 radical (unpaired) electrons. The summed E-state index contributed by atoms with van der Waals surface area (Å²) in [5.41, 5.74) is 7.58. The van der Waals surface area contributed by atoms with E-state index in [1.807, 2.05) is 31.2 Å². The molecule has 21 heavy (non-hydrogen) atoms. The Hall–Kier alpha value is -2.08. The first-order valence-corrected chi connectivity index (χ1v) is 7.14. The molecule has 6 heteroatoms. The Morgan fingerprint density at radius 1 is 1.43 bits per heavy atom. The smallest absolute Gasteiger partial charge is 0.321 e. The normalized spacial score (nSPS) is 15.6. The Morgan fingerprint density at radius 3 is 2.71 bits per heavy atom.